The molecule has 0 aromatic heterocycles. The van der Waals surface area contributed by atoms with E-state index in [9.17, 15) is 0 Å². The molecule has 0 amide bonds. The Morgan fingerprint density at radius 1 is 0.548 bits per heavy atom. The maximum Gasteiger partial charge on any atom is 0.143 e. The smallest absolute Gasteiger partial charge is 0.143 e. The first-order chi connectivity index (χ1) is 15.2. The predicted octanol–water partition coefficient (Wildman–Crippen LogP) is 7.22. The van der Waals surface area contributed by atoms with Crippen LogP contribution < -0.4 is 14.9 Å². The third-order valence-corrected chi connectivity index (χ3v) is 13.9. The minimum Gasteiger partial charge on any atom is -0.217 e. The van der Waals surface area contributed by atoms with E-state index < -0.39 is 6.57 Å². The lowest BCUT2D eigenvalue weighted by Gasteiger charge is -2.42. The van der Waals surface area contributed by atoms with Crippen molar-refractivity contribution in [3.8, 4) is 0 Å². The Morgan fingerprint density at radius 3 is 1.35 bits per heavy atom. The van der Waals surface area contributed by atoms with Gasteiger partial charge in [-0.25, -0.2) is 4.25 Å². The van der Waals surface area contributed by atoms with E-state index in [0.717, 1.165) is 4.25 Å². The van der Waals surface area contributed by atoms with Gasteiger partial charge in [-0.1, -0.05) is 97.1 Å². The summed E-state index contributed by atoms with van der Waals surface area (Å²) in [6.45, 7) is 0.470. The Hall–Kier alpha value is -2.69. The highest BCUT2D eigenvalue weighted by Crippen LogP contribution is 2.72. The molecular weight excluding hydrogens is 412 g/mol. The Kier molecular flexibility index (Phi) is 5.51. The van der Waals surface area contributed by atoms with Crippen molar-refractivity contribution in [3.05, 3.63) is 133 Å². The standard InChI is InChI=1S/C28H26NP2/c1-24-22-29(25-14-6-2-7-15-25,26-16-8-3-9-17-26)30-31(23-24,27-18-10-4-11-19-27)28-20-12-5-13-21-28/h2-23,30H,1H3/q+1. The van der Waals surface area contributed by atoms with Gasteiger partial charge in [-0.3, -0.25) is 0 Å². The van der Waals surface area contributed by atoms with Crippen molar-refractivity contribution in [2.24, 2.45) is 0 Å². The van der Waals surface area contributed by atoms with Crippen LogP contribution in [-0.4, -0.2) is 5.80 Å². The van der Waals surface area contributed by atoms with Crippen LogP contribution in [0.5, 0.6) is 0 Å². The van der Waals surface area contributed by atoms with E-state index in [0.29, 0.717) is 8.42 Å². The predicted molar refractivity (Wildman–Crippen MR) is 142 cm³/mol. The maximum atomic E-state index is 2.58. The molecule has 0 saturated carbocycles. The van der Waals surface area contributed by atoms with Crippen molar-refractivity contribution in [3.63, 3.8) is 0 Å². The molecule has 1 aliphatic rings. The number of quaternary nitrogens is 1. The zero-order valence-electron chi connectivity index (χ0n) is 17.6. The van der Waals surface area contributed by atoms with Crippen LogP contribution in [0, 0.1) is 0 Å². The molecule has 0 bridgehead atoms. The van der Waals surface area contributed by atoms with E-state index in [4.69, 9.17) is 0 Å². The number of hydrogen-bond acceptors (Lipinski definition) is 0. The molecule has 4 aromatic carbocycles. The van der Waals surface area contributed by atoms with Crippen LogP contribution in [0.25, 0.3) is 0 Å². The minimum atomic E-state index is -1.80. The lowest BCUT2D eigenvalue weighted by molar-refractivity contribution is 0.804. The molecule has 3 heteroatoms. The third kappa shape index (κ3) is 3.64. The number of para-hydroxylation sites is 2. The molecule has 5 rings (SSSR count). The van der Waals surface area contributed by atoms with E-state index in [-0.39, 0.29) is 0 Å². The minimum absolute atomic E-state index is 0.637. The van der Waals surface area contributed by atoms with Gasteiger partial charge in [-0.05, 0) is 23.3 Å². The molecule has 1 aliphatic heterocycles. The van der Waals surface area contributed by atoms with Crippen molar-refractivity contribution in [1.82, 2.24) is 4.25 Å². The summed E-state index contributed by atoms with van der Waals surface area (Å²) in [6.07, 6.45) is 2.45. The normalized spacial score (nSPS) is 17.5. The van der Waals surface area contributed by atoms with Crippen molar-refractivity contribution < 1.29 is 0 Å². The molecular formula is C28H26NP2+. The summed E-state index contributed by atoms with van der Waals surface area (Å²) in [5.74, 6) is 2.58. The number of allylic oxidation sites excluding steroid dienone is 1. The molecule has 4 aromatic rings. The second-order valence-corrected chi connectivity index (χ2v) is 14.2. The highest BCUT2D eigenvalue weighted by Gasteiger charge is 2.42. The fourth-order valence-electron chi connectivity index (χ4n) is 4.43. The highest BCUT2D eigenvalue weighted by atomic mass is 32.1. The summed E-state index contributed by atoms with van der Waals surface area (Å²) in [5, 5.41) is 2.89. The molecule has 0 saturated heterocycles. The first-order valence-corrected chi connectivity index (χ1v) is 14.2. The fraction of sp³-hybridized carbons (Fsp3) is 0.0357. The average molecular weight is 438 g/mol. The molecule has 1 heterocycles. The van der Waals surface area contributed by atoms with Crippen LogP contribution in [-0.2, 0) is 0 Å². The van der Waals surface area contributed by atoms with E-state index in [1.54, 1.807) is 0 Å². The Morgan fingerprint density at radius 2 is 0.935 bits per heavy atom. The Bertz CT molecular complexity index is 1160. The van der Waals surface area contributed by atoms with Gasteiger partial charge in [0.1, 0.15) is 26.0 Å². The van der Waals surface area contributed by atoms with Crippen LogP contribution >= 0.6 is 15.0 Å². The van der Waals surface area contributed by atoms with Crippen molar-refractivity contribution in [2.45, 2.75) is 6.92 Å². The van der Waals surface area contributed by atoms with Gasteiger partial charge < -0.3 is 0 Å². The lowest BCUT2D eigenvalue weighted by Crippen LogP contribution is -2.34. The number of rotatable bonds is 4. The number of nitrogens with zero attached hydrogens (tertiary/aromatic N) is 1. The van der Waals surface area contributed by atoms with Crippen LogP contribution in [0.3, 0.4) is 0 Å². The molecule has 0 aliphatic carbocycles. The SMILES string of the molecule is CC1=C[N+](c2ccccc2)(c2ccccc2)PP(c2ccccc2)(c2ccccc2)=C1. The van der Waals surface area contributed by atoms with Gasteiger partial charge in [0.25, 0.3) is 0 Å². The quantitative estimate of drug-likeness (QED) is 0.295. The molecule has 0 spiro atoms. The van der Waals surface area contributed by atoms with Gasteiger partial charge >= 0.3 is 0 Å². The first kappa shape index (κ1) is 20.2. The molecule has 1 nitrogen and oxygen atoms in total. The van der Waals surface area contributed by atoms with Crippen LogP contribution in [0.2, 0.25) is 0 Å². The summed E-state index contributed by atoms with van der Waals surface area (Å²) in [7, 11) is 0.637. The van der Waals surface area contributed by atoms with Gasteiger partial charge in [0.2, 0.25) is 0 Å². The summed E-state index contributed by atoms with van der Waals surface area (Å²) < 4.78 is 0.752. The third-order valence-electron chi connectivity index (χ3n) is 5.76. The molecule has 31 heavy (non-hydrogen) atoms. The van der Waals surface area contributed by atoms with Crippen LogP contribution in [0.1, 0.15) is 6.92 Å². The summed E-state index contributed by atoms with van der Waals surface area (Å²) in [6, 6.07) is 44.3. The molecule has 0 fully saturated rings. The Labute approximate surface area is 187 Å². The Balaban J connectivity index is 1.84. The van der Waals surface area contributed by atoms with Gasteiger partial charge in [-0.2, -0.15) is 0 Å². The zero-order chi connectivity index (χ0) is 21.2. The van der Waals surface area contributed by atoms with Crippen LogP contribution in [0.4, 0.5) is 11.4 Å². The second kappa shape index (κ2) is 8.45. The molecule has 0 N–H and O–H groups in total. The molecule has 152 valence electrons. The summed E-state index contributed by atoms with van der Waals surface area (Å²) in [4.78, 5) is 0. The number of benzene rings is 4. The van der Waals surface area contributed by atoms with Gasteiger partial charge in [0, 0.05) is 36.4 Å². The molecule has 1 unspecified atom stereocenters. The topological polar surface area (TPSA) is 0 Å². The monoisotopic (exact) mass is 438 g/mol. The van der Waals surface area contributed by atoms with Gasteiger partial charge in [0.15, 0.2) is 0 Å². The number of hydrogen-bond donors (Lipinski definition) is 0. The van der Waals surface area contributed by atoms with Gasteiger partial charge in [-0.15, -0.1) is 0 Å². The van der Waals surface area contributed by atoms with E-state index >= 15 is 0 Å². The largest absolute Gasteiger partial charge is 0.217 e. The summed E-state index contributed by atoms with van der Waals surface area (Å²) in [5.41, 5.74) is 3.97. The van der Waals surface area contributed by atoms with Crippen LogP contribution in [0.15, 0.2) is 133 Å². The van der Waals surface area contributed by atoms with E-state index in [1.807, 2.05) is 0 Å². The first-order valence-electron chi connectivity index (χ1n) is 10.6. The van der Waals surface area contributed by atoms with E-state index in [1.165, 1.54) is 27.6 Å². The van der Waals surface area contributed by atoms with E-state index in [2.05, 4.69) is 140 Å². The highest BCUT2D eigenvalue weighted by molar-refractivity contribution is 8.37. The lowest BCUT2D eigenvalue weighted by atomic mass is 10.2. The molecule has 0 radical (unpaired) electrons. The van der Waals surface area contributed by atoms with Crippen molar-refractivity contribution >= 4 is 42.8 Å². The van der Waals surface area contributed by atoms with Gasteiger partial charge in [0.05, 0.1) is 0 Å². The van der Waals surface area contributed by atoms with Crippen molar-refractivity contribution in [1.29, 1.82) is 0 Å². The summed E-state index contributed by atoms with van der Waals surface area (Å²) >= 11 is 0. The van der Waals surface area contributed by atoms with Crippen molar-refractivity contribution in [2.75, 3.05) is 0 Å². The zero-order valence-corrected chi connectivity index (χ0v) is 19.5. The second-order valence-electron chi connectivity index (χ2n) is 7.89. The average Bonchev–Trinajstić information content (AvgIpc) is 2.86. The fourth-order valence-corrected chi connectivity index (χ4v) is 13.3. The molecule has 1 atom stereocenters. The maximum absolute atomic E-state index is 2.58.